The molecule has 23 heavy (non-hydrogen) atoms. The summed E-state index contributed by atoms with van der Waals surface area (Å²) in [6.07, 6.45) is 12.3. The largest absolute Gasteiger partial charge is 0.400 e. The number of carbonyl (C=O) groups excluding carboxylic acids is 1. The number of benzene rings is 1. The Morgan fingerprint density at radius 1 is 1.30 bits per heavy atom. The molecule has 0 radical (unpaired) electrons. The summed E-state index contributed by atoms with van der Waals surface area (Å²) in [5.74, 6) is -0.207. The van der Waals surface area contributed by atoms with Gasteiger partial charge in [0.05, 0.1) is 17.6 Å². The molecule has 3 rings (SSSR count). The topological polar surface area (TPSA) is 72.9 Å². The molecule has 0 atom stereocenters. The number of amides is 1. The molecule has 5 nitrogen and oxygen atoms in total. The average Bonchev–Trinajstić information content (AvgIpc) is 3.05. The number of rotatable bonds is 4. The number of carbonyl (C=O) groups is 1. The lowest BCUT2D eigenvalue weighted by molar-refractivity contribution is -0.115. The molecule has 1 aliphatic rings. The van der Waals surface area contributed by atoms with Crippen molar-refractivity contribution in [2.24, 2.45) is 5.73 Å². The van der Waals surface area contributed by atoms with Crippen LogP contribution in [0.25, 0.3) is 11.8 Å². The van der Waals surface area contributed by atoms with Crippen molar-refractivity contribution in [2.45, 2.75) is 12.8 Å². The van der Waals surface area contributed by atoms with Gasteiger partial charge in [0.2, 0.25) is 5.91 Å². The molecular weight excluding hydrogens is 288 g/mol. The first kappa shape index (κ1) is 14.8. The van der Waals surface area contributed by atoms with Gasteiger partial charge in [-0.1, -0.05) is 24.3 Å². The lowest BCUT2D eigenvalue weighted by Crippen LogP contribution is -2.23. The van der Waals surface area contributed by atoms with E-state index < -0.39 is 0 Å². The zero-order valence-electron chi connectivity index (χ0n) is 12.6. The number of allylic oxidation sites excluding steroid dienone is 3. The van der Waals surface area contributed by atoms with Gasteiger partial charge in [-0.25, -0.2) is 4.68 Å². The average molecular weight is 306 g/mol. The maximum atomic E-state index is 12.0. The van der Waals surface area contributed by atoms with E-state index in [1.807, 2.05) is 48.7 Å². The molecule has 0 bridgehead atoms. The van der Waals surface area contributed by atoms with Crippen molar-refractivity contribution in [3.8, 4) is 5.69 Å². The van der Waals surface area contributed by atoms with Gasteiger partial charge in [0.1, 0.15) is 0 Å². The molecule has 5 heteroatoms. The molecule has 0 saturated carbocycles. The van der Waals surface area contributed by atoms with E-state index in [9.17, 15) is 4.79 Å². The molecular formula is C18H18N4O. The number of hydrogen-bond donors (Lipinski definition) is 2. The highest BCUT2D eigenvalue weighted by molar-refractivity contribution is 5.93. The Balaban J connectivity index is 1.65. The van der Waals surface area contributed by atoms with E-state index in [1.54, 1.807) is 17.0 Å². The Morgan fingerprint density at radius 2 is 2.13 bits per heavy atom. The Labute approximate surface area is 134 Å². The second-order valence-electron chi connectivity index (χ2n) is 5.26. The normalized spacial score (nSPS) is 14.4. The minimum atomic E-state index is -0.207. The molecule has 116 valence electrons. The minimum Gasteiger partial charge on any atom is -0.400 e. The summed E-state index contributed by atoms with van der Waals surface area (Å²) < 4.78 is 1.77. The van der Waals surface area contributed by atoms with Crippen LogP contribution < -0.4 is 11.1 Å². The third-order valence-corrected chi connectivity index (χ3v) is 3.52. The Morgan fingerprint density at radius 3 is 2.91 bits per heavy atom. The van der Waals surface area contributed by atoms with Crippen molar-refractivity contribution >= 4 is 12.0 Å². The van der Waals surface area contributed by atoms with Gasteiger partial charge in [-0.05, 0) is 37.1 Å². The smallest absolute Gasteiger partial charge is 0.248 e. The standard InChI is InChI=1S/C18H18N4O/c19-16-8-4-5-9-17(16)21-18(23)11-10-14-12-20-22(13-14)15-6-2-1-3-7-15/h1-3,5-7,9-13H,4,8,19H2,(H,21,23)/b11-10+. The van der Waals surface area contributed by atoms with E-state index in [0.29, 0.717) is 11.4 Å². The van der Waals surface area contributed by atoms with Gasteiger partial charge in [-0.15, -0.1) is 0 Å². The van der Waals surface area contributed by atoms with E-state index in [0.717, 1.165) is 24.1 Å². The summed E-state index contributed by atoms with van der Waals surface area (Å²) in [5, 5.41) is 7.08. The van der Waals surface area contributed by atoms with Crippen molar-refractivity contribution in [1.29, 1.82) is 0 Å². The molecule has 0 fully saturated rings. The first-order chi connectivity index (χ1) is 11.2. The van der Waals surface area contributed by atoms with Crippen molar-refractivity contribution in [2.75, 3.05) is 0 Å². The van der Waals surface area contributed by atoms with Gasteiger partial charge < -0.3 is 11.1 Å². The fraction of sp³-hybridized carbons (Fsp3) is 0.111. The predicted molar refractivity (Wildman–Crippen MR) is 90.3 cm³/mol. The van der Waals surface area contributed by atoms with Crippen molar-refractivity contribution in [3.63, 3.8) is 0 Å². The number of nitrogens with one attached hydrogen (secondary N) is 1. The number of nitrogens with two attached hydrogens (primary N) is 1. The van der Waals surface area contributed by atoms with Gasteiger partial charge in [0.25, 0.3) is 0 Å². The molecule has 1 aromatic carbocycles. The highest BCUT2D eigenvalue weighted by Crippen LogP contribution is 2.12. The molecule has 0 saturated heterocycles. The van der Waals surface area contributed by atoms with E-state index in [1.165, 1.54) is 6.08 Å². The van der Waals surface area contributed by atoms with E-state index in [4.69, 9.17) is 5.73 Å². The molecule has 1 heterocycles. The van der Waals surface area contributed by atoms with Crippen molar-refractivity contribution < 1.29 is 4.79 Å². The zero-order chi connectivity index (χ0) is 16.1. The monoisotopic (exact) mass is 306 g/mol. The summed E-state index contributed by atoms with van der Waals surface area (Å²) in [5.41, 5.74) is 9.10. The molecule has 3 N–H and O–H groups in total. The van der Waals surface area contributed by atoms with Gasteiger partial charge in [-0.3, -0.25) is 4.79 Å². The van der Waals surface area contributed by atoms with Crippen LogP contribution in [0.5, 0.6) is 0 Å². The predicted octanol–water partition coefficient (Wildman–Crippen LogP) is 2.52. The summed E-state index contributed by atoms with van der Waals surface area (Å²) in [4.78, 5) is 12.0. The van der Waals surface area contributed by atoms with E-state index in [2.05, 4.69) is 10.4 Å². The van der Waals surface area contributed by atoms with E-state index in [-0.39, 0.29) is 5.91 Å². The van der Waals surface area contributed by atoms with Crippen LogP contribution in [-0.2, 0) is 4.79 Å². The fourth-order valence-corrected chi connectivity index (χ4v) is 2.29. The second kappa shape index (κ2) is 6.79. The molecule has 2 aromatic rings. The number of aromatic nitrogens is 2. The molecule has 1 amide bonds. The maximum absolute atomic E-state index is 12.0. The fourth-order valence-electron chi connectivity index (χ4n) is 2.29. The SMILES string of the molecule is NC1=C(NC(=O)/C=C/c2cnn(-c3ccccc3)c2)C=CCC1. The van der Waals surface area contributed by atoms with Crippen LogP contribution >= 0.6 is 0 Å². The van der Waals surface area contributed by atoms with Crippen LogP contribution in [0.4, 0.5) is 0 Å². The zero-order valence-corrected chi connectivity index (χ0v) is 12.6. The summed E-state index contributed by atoms with van der Waals surface area (Å²) >= 11 is 0. The highest BCUT2D eigenvalue weighted by atomic mass is 16.1. The van der Waals surface area contributed by atoms with Gasteiger partial charge in [0.15, 0.2) is 0 Å². The van der Waals surface area contributed by atoms with Crippen LogP contribution in [0.1, 0.15) is 18.4 Å². The second-order valence-corrected chi connectivity index (χ2v) is 5.26. The van der Waals surface area contributed by atoms with Gasteiger partial charge >= 0.3 is 0 Å². The molecule has 0 unspecified atom stereocenters. The molecule has 1 aromatic heterocycles. The Bertz CT molecular complexity index is 784. The van der Waals surface area contributed by atoms with Crippen molar-refractivity contribution in [3.05, 3.63) is 77.9 Å². The lowest BCUT2D eigenvalue weighted by Gasteiger charge is -2.11. The third-order valence-electron chi connectivity index (χ3n) is 3.52. The van der Waals surface area contributed by atoms with Gasteiger partial charge in [-0.2, -0.15) is 5.10 Å². The number of para-hydroxylation sites is 1. The maximum Gasteiger partial charge on any atom is 0.248 e. The third kappa shape index (κ3) is 3.77. The van der Waals surface area contributed by atoms with Gasteiger partial charge in [0, 0.05) is 23.5 Å². The van der Waals surface area contributed by atoms with Crippen LogP contribution in [0.15, 0.2) is 72.3 Å². The quantitative estimate of drug-likeness (QED) is 0.853. The number of nitrogens with zero attached hydrogens (tertiary/aromatic N) is 2. The minimum absolute atomic E-state index is 0.207. The highest BCUT2D eigenvalue weighted by Gasteiger charge is 2.07. The summed E-state index contributed by atoms with van der Waals surface area (Å²) in [7, 11) is 0. The summed E-state index contributed by atoms with van der Waals surface area (Å²) in [6, 6.07) is 9.81. The van der Waals surface area contributed by atoms with E-state index >= 15 is 0 Å². The van der Waals surface area contributed by atoms with Crippen LogP contribution in [0.3, 0.4) is 0 Å². The number of hydrogen-bond acceptors (Lipinski definition) is 3. The lowest BCUT2D eigenvalue weighted by atomic mass is 10.1. The van der Waals surface area contributed by atoms with Crippen LogP contribution in [0, 0.1) is 0 Å². The Kier molecular flexibility index (Phi) is 4.38. The van der Waals surface area contributed by atoms with Crippen molar-refractivity contribution in [1.82, 2.24) is 15.1 Å². The first-order valence-corrected chi connectivity index (χ1v) is 7.47. The first-order valence-electron chi connectivity index (χ1n) is 7.47. The molecule has 0 aliphatic heterocycles. The Hall–Kier alpha value is -3.08. The van der Waals surface area contributed by atoms with Crippen LogP contribution in [-0.4, -0.2) is 15.7 Å². The summed E-state index contributed by atoms with van der Waals surface area (Å²) in [6.45, 7) is 0. The van der Waals surface area contributed by atoms with Crippen LogP contribution in [0.2, 0.25) is 0 Å². The molecule has 1 aliphatic carbocycles. The molecule has 0 spiro atoms.